The van der Waals surface area contributed by atoms with Gasteiger partial charge < -0.3 is 10.1 Å². The summed E-state index contributed by atoms with van der Waals surface area (Å²) in [6, 6.07) is 21.5. The molecular formula is C26H29BrN2O4S. The second-order valence-electron chi connectivity index (χ2n) is 8.89. The third-order valence-corrected chi connectivity index (χ3v) is 7.25. The maximum Gasteiger partial charge on any atom is 0.262 e. The van der Waals surface area contributed by atoms with E-state index in [0.29, 0.717) is 24.4 Å². The Morgan fingerprint density at radius 1 is 0.971 bits per heavy atom. The number of hydrogen-bond acceptors (Lipinski definition) is 4. The Morgan fingerprint density at radius 3 is 2.26 bits per heavy atom. The minimum atomic E-state index is -3.63. The Hall–Kier alpha value is -2.68. The molecule has 3 aromatic rings. The summed E-state index contributed by atoms with van der Waals surface area (Å²) in [6.07, 6.45) is 0.600. The standard InChI is InChI=1S/C26H29BrN2O4S/c1-26(2,3)20-9-14-24(23(27)17-20)33-18-25(30)29-21-10-12-22(13-11-21)34(31,32)28-16-15-19-7-5-4-6-8-19/h4-14,17,28H,15-16,18H2,1-3H3,(H,29,30). The maximum atomic E-state index is 12.5. The van der Waals surface area contributed by atoms with Crippen molar-refractivity contribution in [3.8, 4) is 5.75 Å². The molecule has 180 valence electrons. The number of halogens is 1. The normalized spacial score (nSPS) is 11.8. The number of rotatable bonds is 9. The molecule has 0 bridgehead atoms. The zero-order valence-electron chi connectivity index (χ0n) is 19.5. The van der Waals surface area contributed by atoms with E-state index in [-0.39, 0.29) is 22.8 Å². The minimum absolute atomic E-state index is 0.00941. The van der Waals surface area contributed by atoms with Gasteiger partial charge in [0.1, 0.15) is 5.75 Å². The first-order valence-corrected chi connectivity index (χ1v) is 13.2. The molecule has 0 saturated carbocycles. The number of amides is 1. The van der Waals surface area contributed by atoms with E-state index in [4.69, 9.17) is 4.74 Å². The molecule has 0 fully saturated rings. The molecule has 0 aliphatic heterocycles. The average molecular weight is 545 g/mol. The van der Waals surface area contributed by atoms with Crippen LogP contribution in [0.1, 0.15) is 31.9 Å². The molecule has 0 aliphatic rings. The van der Waals surface area contributed by atoms with Gasteiger partial charge in [-0.1, -0.05) is 57.2 Å². The first-order chi connectivity index (χ1) is 16.0. The fourth-order valence-corrected chi connectivity index (χ4v) is 4.73. The van der Waals surface area contributed by atoms with Gasteiger partial charge in [0.25, 0.3) is 5.91 Å². The lowest BCUT2D eigenvalue weighted by atomic mass is 9.87. The Kier molecular flexibility index (Phi) is 8.52. The summed E-state index contributed by atoms with van der Waals surface area (Å²) in [6.45, 7) is 6.50. The van der Waals surface area contributed by atoms with Crippen molar-refractivity contribution in [2.75, 3.05) is 18.5 Å². The molecule has 0 radical (unpaired) electrons. The third kappa shape index (κ3) is 7.41. The molecule has 8 heteroatoms. The molecule has 0 aromatic heterocycles. The molecular weight excluding hydrogens is 516 g/mol. The molecule has 3 aromatic carbocycles. The third-order valence-electron chi connectivity index (χ3n) is 5.15. The van der Waals surface area contributed by atoms with E-state index >= 15 is 0 Å². The lowest BCUT2D eigenvalue weighted by Gasteiger charge is -2.20. The van der Waals surface area contributed by atoms with Crippen LogP contribution in [0.3, 0.4) is 0 Å². The number of hydrogen-bond donors (Lipinski definition) is 2. The predicted molar refractivity (Wildman–Crippen MR) is 139 cm³/mol. The fraction of sp³-hybridized carbons (Fsp3) is 0.269. The van der Waals surface area contributed by atoms with Crippen LogP contribution in [0.4, 0.5) is 5.69 Å². The first-order valence-electron chi connectivity index (χ1n) is 10.9. The van der Waals surface area contributed by atoms with E-state index in [1.54, 1.807) is 12.1 Å². The molecule has 0 unspecified atom stereocenters. The quantitative estimate of drug-likeness (QED) is 0.383. The van der Waals surface area contributed by atoms with E-state index in [9.17, 15) is 13.2 Å². The van der Waals surface area contributed by atoms with Crippen LogP contribution in [0, 0.1) is 0 Å². The molecule has 0 saturated heterocycles. The second-order valence-corrected chi connectivity index (χ2v) is 11.5. The lowest BCUT2D eigenvalue weighted by Crippen LogP contribution is -2.26. The van der Waals surface area contributed by atoms with E-state index in [1.165, 1.54) is 12.1 Å². The van der Waals surface area contributed by atoms with Crippen LogP contribution >= 0.6 is 15.9 Å². The number of benzene rings is 3. The zero-order valence-corrected chi connectivity index (χ0v) is 21.9. The van der Waals surface area contributed by atoms with E-state index in [1.807, 2.05) is 48.5 Å². The molecule has 0 atom stereocenters. The Balaban J connectivity index is 1.51. The van der Waals surface area contributed by atoms with Gasteiger partial charge in [0.2, 0.25) is 10.0 Å². The average Bonchev–Trinajstić information content (AvgIpc) is 2.78. The van der Waals surface area contributed by atoms with E-state index in [2.05, 4.69) is 46.7 Å². The molecule has 0 aliphatic carbocycles. The smallest absolute Gasteiger partial charge is 0.262 e. The van der Waals surface area contributed by atoms with Gasteiger partial charge in [0.15, 0.2) is 6.61 Å². The van der Waals surface area contributed by atoms with Gasteiger partial charge in [-0.25, -0.2) is 13.1 Å². The van der Waals surface area contributed by atoms with E-state index < -0.39 is 10.0 Å². The highest BCUT2D eigenvalue weighted by atomic mass is 79.9. The largest absolute Gasteiger partial charge is 0.483 e. The van der Waals surface area contributed by atoms with Crippen molar-refractivity contribution < 1.29 is 17.9 Å². The summed E-state index contributed by atoms with van der Waals surface area (Å²) in [5, 5.41) is 2.72. The topological polar surface area (TPSA) is 84.5 Å². The van der Waals surface area contributed by atoms with Crippen molar-refractivity contribution in [1.29, 1.82) is 0 Å². The predicted octanol–water partition coefficient (Wildman–Crippen LogP) is 5.29. The first kappa shape index (κ1) is 25.9. The zero-order chi connectivity index (χ0) is 24.8. The molecule has 34 heavy (non-hydrogen) atoms. The maximum absolute atomic E-state index is 12.5. The summed E-state index contributed by atoms with van der Waals surface area (Å²) in [5.74, 6) is 0.231. The monoisotopic (exact) mass is 544 g/mol. The molecule has 0 heterocycles. The number of ether oxygens (including phenoxy) is 1. The highest BCUT2D eigenvalue weighted by molar-refractivity contribution is 9.10. The van der Waals surface area contributed by atoms with Crippen LogP contribution in [0.5, 0.6) is 5.75 Å². The van der Waals surface area contributed by atoms with Gasteiger partial charge in [-0.15, -0.1) is 0 Å². The Morgan fingerprint density at radius 2 is 1.65 bits per heavy atom. The van der Waals surface area contributed by atoms with Crippen LogP contribution in [0.25, 0.3) is 0 Å². The van der Waals surface area contributed by atoms with E-state index in [0.717, 1.165) is 15.6 Å². The van der Waals surface area contributed by atoms with Crippen molar-refractivity contribution >= 4 is 37.5 Å². The van der Waals surface area contributed by atoms with Gasteiger partial charge in [0.05, 0.1) is 9.37 Å². The van der Waals surface area contributed by atoms with Crippen molar-refractivity contribution in [3.05, 3.63) is 88.4 Å². The van der Waals surface area contributed by atoms with Gasteiger partial charge in [-0.2, -0.15) is 0 Å². The lowest BCUT2D eigenvalue weighted by molar-refractivity contribution is -0.118. The van der Waals surface area contributed by atoms with Crippen LogP contribution in [0.2, 0.25) is 0 Å². The van der Waals surface area contributed by atoms with Gasteiger partial charge in [-0.05, 0) is 75.3 Å². The van der Waals surface area contributed by atoms with Crippen LogP contribution in [-0.2, 0) is 26.7 Å². The van der Waals surface area contributed by atoms with Crippen LogP contribution < -0.4 is 14.8 Å². The minimum Gasteiger partial charge on any atom is -0.483 e. The number of nitrogens with one attached hydrogen (secondary N) is 2. The molecule has 6 nitrogen and oxygen atoms in total. The highest BCUT2D eigenvalue weighted by Gasteiger charge is 2.16. The molecule has 3 rings (SSSR count). The highest BCUT2D eigenvalue weighted by Crippen LogP contribution is 2.31. The van der Waals surface area contributed by atoms with Crippen molar-refractivity contribution in [3.63, 3.8) is 0 Å². The summed E-state index contributed by atoms with van der Waals surface area (Å²) in [4.78, 5) is 12.4. The summed E-state index contributed by atoms with van der Waals surface area (Å²) < 4.78 is 34.0. The number of sulfonamides is 1. The number of carbonyl (C=O) groups excluding carboxylic acids is 1. The molecule has 0 spiro atoms. The van der Waals surface area contributed by atoms with Gasteiger partial charge in [0, 0.05) is 12.2 Å². The number of carbonyl (C=O) groups is 1. The SMILES string of the molecule is CC(C)(C)c1ccc(OCC(=O)Nc2ccc(S(=O)(=O)NCCc3ccccc3)cc2)c(Br)c1. The number of anilines is 1. The van der Waals surface area contributed by atoms with Crippen molar-refractivity contribution in [1.82, 2.24) is 4.72 Å². The summed E-state index contributed by atoms with van der Waals surface area (Å²) in [5.41, 5.74) is 2.71. The molecule has 1 amide bonds. The summed E-state index contributed by atoms with van der Waals surface area (Å²) in [7, 11) is -3.63. The van der Waals surface area contributed by atoms with Gasteiger partial charge in [-0.3, -0.25) is 4.79 Å². The molecule has 2 N–H and O–H groups in total. The summed E-state index contributed by atoms with van der Waals surface area (Å²) >= 11 is 3.49. The second kappa shape index (κ2) is 11.2. The van der Waals surface area contributed by atoms with Crippen molar-refractivity contribution in [2.45, 2.75) is 37.5 Å². The Bertz CT molecular complexity index is 1220. The van der Waals surface area contributed by atoms with Gasteiger partial charge >= 0.3 is 0 Å². The fourth-order valence-electron chi connectivity index (χ4n) is 3.20. The van der Waals surface area contributed by atoms with Crippen LogP contribution in [0.15, 0.2) is 82.2 Å². The van der Waals surface area contributed by atoms with Crippen molar-refractivity contribution in [2.24, 2.45) is 0 Å². The Labute approximate surface area is 209 Å². The van der Waals surface area contributed by atoms with Crippen LogP contribution in [-0.4, -0.2) is 27.5 Å².